The smallest absolute Gasteiger partial charge is 0.315 e. The fourth-order valence-corrected chi connectivity index (χ4v) is 2.59. The van der Waals surface area contributed by atoms with Gasteiger partial charge in [0.15, 0.2) is 0 Å². The van der Waals surface area contributed by atoms with Gasteiger partial charge in [0.1, 0.15) is 10.4 Å². The van der Waals surface area contributed by atoms with Crippen molar-refractivity contribution in [3.63, 3.8) is 0 Å². The maximum absolute atomic E-state index is 11.2. The van der Waals surface area contributed by atoms with Gasteiger partial charge in [0.2, 0.25) is 0 Å². The van der Waals surface area contributed by atoms with E-state index in [2.05, 4.69) is 17.0 Å². The second kappa shape index (κ2) is 5.13. The molecule has 2 aromatic rings. The number of aromatic nitrogens is 3. The standard InChI is InChI=1S/C13H17N3O2S/c1-4-5-16-7-9(6-14-16)11-15-10(8-19-11)13(2,3)12(17)18/h6-8H,4-5H2,1-3H3,(H,17,18). The van der Waals surface area contributed by atoms with Crippen LogP contribution in [0.3, 0.4) is 0 Å². The normalized spacial score (nSPS) is 11.7. The van der Waals surface area contributed by atoms with Crippen LogP contribution in [0.5, 0.6) is 0 Å². The molecule has 102 valence electrons. The Morgan fingerprint density at radius 2 is 2.26 bits per heavy atom. The average Bonchev–Trinajstić information content (AvgIpc) is 2.96. The van der Waals surface area contributed by atoms with Crippen molar-refractivity contribution in [1.29, 1.82) is 0 Å². The van der Waals surface area contributed by atoms with Crippen LogP contribution in [0.4, 0.5) is 0 Å². The molecule has 0 fully saturated rings. The van der Waals surface area contributed by atoms with Gasteiger partial charge in [-0.15, -0.1) is 11.3 Å². The van der Waals surface area contributed by atoms with E-state index in [9.17, 15) is 9.90 Å². The molecule has 0 aliphatic rings. The predicted molar refractivity (Wildman–Crippen MR) is 74.3 cm³/mol. The van der Waals surface area contributed by atoms with E-state index in [1.54, 1.807) is 25.4 Å². The molecule has 2 aromatic heterocycles. The number of rotatable bonds is 5. The Morgan fingerprint density at radius 1 is 1.53 bits per heavy atom. The Bertz CT molecular complexity index is 586. The average molecular weight is 279 g/mol. The number of thiazole rings is 1. The van der Waals surface area contributed by atoms with Gasteiger partial charge in [0.05, 0.1) is 11.9 Å². The molecule has 0 aliphatic carbocycles. The van der Waals surface area contributed by atoms with Gasteiger partial charge < -0.3 is 5.11 Å². The van der Waals surface area contributed by atoms with Crippen LogP contribution in [0, 0.1) is 0 Å². The zero-order valence-electron chi connectivity index (χ0n) is 11.3. The van der Waals surface area contributed by atoms with Crippen LogP contribution in [0.15, 0.2) is 17.8 Å². The van der Waals surface area contributed by atoms with Crippen LogP contribution in [0.2, 0.25) is 0 Å². The van der Waals surface area contributed by atoms with Gasteiger partial charge in [-0.1, -0.05) is 6.92 Å². The number of hydrogen-bond donors (Lipinski definition) is 1. The topological polar surface area (TPSA) is 68.0 Å². The first-order valence-corrected chi connectivity index (χ1v) is 7.05. The zero-order chi connectivity index (χ0) is 14.0. The molecule has 0 atom stereocenters. The van der Waals surface area contributed by atoms with Crippen LogP contribution in [0.25, 0.3) is 10.6 Å². The molecule has 0 aromatic carbocycles. The number of carboxylic acids is 1. The SMILES string of the molecule is CCCn1cc(-c2nc(C(C)(C)C(=O)O)cs2)cn1. The lowest BCUT2D eigenvalue weighted by Gasteiger charge is -2.15. The van der Waals surface area contributed by atoms with Crippen LogP contribution in [0.1, 0.15) is 32.9 Å². The van der Waals surface area contributed by atoms with E-state index >= 15 is 0 Å². The molecule has 0 saturated carbocycles. The zero-order valence-corrected chi connectivity index (χ0v) is 12.1. The van der Waals surface area contributed by atoms with Gasteiger partial charge in [0, 0.05) is 23.7 Å². The van der Waals surface area contributed by atoms with E-state index in [1.807, 2.05) is 10.9 Å². The Kier molecular flexibility index (Phi) is 3.71. The predicted octanol–water partition coefficient (Wildman–Crippen LogP) is 2.78. The lowest BCUT2D eigenvalue weighted by molar-refractivity contribution is -0.142. The van der Waals surface area contributed by atoms with Gasteiger partial charge in [-0.3, -0.25) is 9.48 Å². The minimum absolute atomic E-state index is 0.586. The van der Waals surface area contributed by atoms with Crippen LogP contribution in [-0.4, -0.2) is 25.8 Å². The highest BCUT2D eigenvalue weighted by Gasteiger charge is 2.32. The van der Waals surface area contributed by atoms with Crippen molar-refractivity contribution in [2.24, 2.45) is 0 Å². The van der Waals surface area contributed by atoms with Crippen molar-refractivity contribution in [1.82, 2.24) is 14.8 Å². The molecule has 19 heavy (non-hydrogen) atoms. The van der Waals surface area contributed by atoms with Crippen molar-refractivity contribution >= 4 is 17.3 Å². The molecule has 0 radical (unpaired) electrons. The first-order chi connectivity index (χ1) is 8.95. The van der Waals surface area contributed by atoms with Crippen molar-refractivity contribution in [2.75, 3.05) is 0 Å². The summed E-state index contributed by atoms with van der Waals surface area (Å²) in [4.78, 5) is 15.6. The monoisotopic (exact) mass is 279 g/mol. The molecule has 0 amide bonds. The summed E-state index contributed by atoms with van der Waals surface area (Å²) in [7, 11) is 0. The summed E-state index contributed by atoms with van der Waals surface area (Å²) in [6, 6.07) is 0. The van der Waals surface area contributed by atoms with Crippen molar-refractivity contribution in [3.8, 4) is 10.6 Å². The molecule has 0 bridgehead atoms. The Labute approximate surface area is 115 Å². The summed E-state index contributed by atoms with van der Waals surface area (Å²) in [6.45, 7) is 6.29. The Hall–Kier alpha value is -1.69. The van der Waals surface area contributed by atoms with E-state index in [-0.39, 0.29) is 0 Å². The molecule has 0 unspecified atom stereocenters. The largest absolute Gasteiger partial charge is 0.481 e. The fourth-order valence-electron chi connectivity index (χ4n) is 1.63. The number of aryl methyl sites for hydroxylation is 1. The Morgan fingerprint density at radius 3 is 2.89 bits per heavy atom. The third-order valence-electron chi connectivity index (χ3n) is 3.01. The molecule has 1 N–H and O–H groups in total. The number of aliphatic carboxylic acids is 1. The first kappa shape index (κ1) is 13.7. The summed E-state index contributed by atoms with van der Waals surface area (Å²) >= 11 is 1.45. The van der Waals surface area contributed by atoms with E-state index in [1.165, 1.54) is 11.3 Å². The van der Waals surface area contributed by atoms with Gasteiger partial charge in [0.25, 0.3) is 0 Å². The highest BCUT2D eigenvalue weighted by Crippen LogP contribution is 2.30. The van der Waals surface area contributed by atoms with E-state index in [0.717, 1.165) is 23.5 Å². The highest BCUT2D eigenvalue weighted by molar-refractivity contribution is 7.13. The Balaban J connectivity index is 2.27. The van der Waals surface area contributed by atoms with Gasteiger partial charge in [-0.2, -0.15) is 5.10 Å². The summed E-state index contributed by atoms with van der Waals surface area (Å²) in [6.07, 6.45) is 4.74. The molecule has 5 nitrogen and oxygen atoms in total. The second-order valence-electron chi connectivity index (χ2n) is 4.96. The molecule has 0 aliphatic heterocycles. The minimum Gasteiger partial charge on any atom is -0.481 e. The maximum Gasteiger partial charge on any atom is 0.315 e. The fraction of sp³-hybridized carbons (Fsp3) is 0.462. The maximum atomic E-state index is 11.2. The molecule has 2 rings (SSSR count). The summed E-state index contributed by atoms with van der Waals surface area (Å²) < 4.78 is 1.87. The third-order valence-corrected chi connectivity index (χ3v) is 3.90. The van der Waals surface area contributed by atoms with Crippen LogP contribution >= 0.6 is 11.3 Å². The molecule has 0 spiro atoms. The lowest BCUT2D eigenvalue weighted by Crippen LogP contribution is -2.28. The number of hydrogen-bond acceptors (Lipinski definition) is 4. The summed E-state index contributed by atoms with van der Waals surface area (Å²) in [5.41, 5.74) is 0.558. The number of carboxylic acid groups (broad SMARTS) is 1. The quantitative estimate of drug-likeness (QED) is 0.913. The van der Waals surface area contributed by atoms with Gasteiger partial charge >= 0.3 is 5.97 Å². The first-order valence-electron chi connectivity index (χ1n) is 6.17. The van der Waals surface area contributed by atoms with Crippen LogP contribution in [-0.2, 0) is 16.8 Å². The second-order valence-corrected chi connectivity index (χ2v) is 5.82. The van der Waals surface area contributed by atoms with E-state index < -0.39 is 11.4 Å². The summed E-state index contributed by atoms with van der Waals surface area (Å²) in [5.74, 6) is -0.869. The molecule has 2 heterocycles. The van der Waals surface area contributed by atoms with Crippen LogP contribution < -0.4 is 0 Å². The van der Waals surface area contributed by atoms with Crippen molar-refractivity contribution in [3.05, 3.63) is 23.5 Å². The number of nitrogens with zero attached hydrogens (tertiary/aromatic N) is 3. The molecule has 0 saturated heterocycles. The van der Waals surface area contributed by atoms with Gasteiger partial charge in [-0.25, -0.2) is 4.98 Å². The third kappa shape index (κ3) is 2.68. The molecular formula is C13H17N3O2S. The van der Waals surface area contributed by atoms with Gasteiger partial charge in [-0.05, 0) is 20.3 Å². The van der Waals surface area contributed by atoms with E-state index in [4.69, 9.17) is 0 Å². The highest BCUT2D eigenvalue weighted by atomic mass is 32.1. The lowest BCUT2D eigenvalue weighted by atomic mass is 9.90. The van der Waals surface area contributed by atoms with Crippen molar-refractivity contribution in [2.45, 2.75) is 39.2 Å². The van der Waals surface area contributed by atoms with E-state index in [0.29, 0.717) is 5.69 Å². The number of carbonyl (C=O) groups is 1. The molecule has 6 heteroatoms. The van der Waals surface area contributed by atoms with Crippen molar-refractivity contribution < 1.29 is 9.90 Å². The minimum atomic E-state index is -0.964. The summed E-state index contributed by atoms with van der Waals surface area (Å²) in [5, 5.41) is 16.1. The molecular weight excluding hydrogens is 262 g/mol.